The lowest BCUT2D eigenvalue weighted by Gasteiger charge is -2.40. The number of hydrogen-bond donors (Lipinski definition) is 2. The topological polar surface area (TPSA) is 56.3 Å². The van der Waals surface area contributed by atoms with E-state index in [2.05, 4.69) is 40.1 Å². The highest BCUT2D eigenvalue weighted by Gasteiger charge is 2.49. The van der Waals surface area contributed by atoms with Crippen LogP contribution in [0.1, 0.15) is 56.3 Å². The third kappa shape index (κ3) is 4.11. The van der Waals surface area contributed by atoms with Crippen molar-refractivity contribution < 1.29 is 9.29 Å². The minimum absolute atomic E-state index is 0.115. The van der Waals surface area contributed by atoms with Gasteiger partial charge in [-0.15, -0.1) is 4.72 Å². The van der Waals surface area contributed by atoms with Crippen LogP contribution in [0.15, 0.2) is 18.2 Å². The zero-order valence-electron chi connectivity index (χ0n) is 16.3. The van der Waals surface area contributed by atoms with Crippen LogP contribution < -0.4 is 10.0 Å². The molecule has 1 aromatic rings. The summed E-state index contributed by atoms with van der Waals surface area (Å²) in [6, 6.07) is 6.60. The molecular weight excluding hydrogens is 344 g/mol. The second kappa shape index (κ2) is 7.92. The molecule has 142 valence electrons. The number of ether oxygens (including phenoxy) is 1. The van der Waals surface area contributed by atoms with Crippen molar-refractivity contribution in [3.63, 3.8) is 0 Å². The van der Waals surface area contributed by atoms with Crippen LogP contribution in [0.3, 0.4) is 0 Å². The summed E-state index contributed by atoms with van der Waals surface area (Å²) in [6.45, 7) is 8.54. The fraction of sp³-hybridized carbons (Fsp3) is 0.619. The molecule has 0 saturated carbocycles. The van der Waals surface area contributed by atoms with Gasteiger partial charge >= 0.3 is 0 Å². The lowest BCUT2D eigenvalue weighted by Crippen LogP contribution is -2.48. The molecule has 1 aliphatic carbocycles. The largest absolute Gasteiger partial charge is 0.598 e. The SMILES string of the molecule is COCC#Cc1ccc2c(c1)[C@@H](N[S+]([O-])C(C)(C)C)C1(CCNCC1)C2. The highest BCUT2D eigenvalue weighted by Crippen LogP contribution is 2.51. The van der Waals surface area contributed by atoms with Crippen molar-refractivity contribution in [1.82, 2.24) is 10.0 Å². The minimum Gasteiger partial charge on any atom is -0.598 e. The molecule has 1 aromatic carbocycles. The van der Waals surface area contributed by atoms with Gasteiger partial charge in [0, 0.05) is 29.5 Å². The molecule has 2 N–H and O–H groups in total. The molecule has 1 unspecified atom stereocenters. The van der Waals surface area contributed by atoms with E-state index < -0.39 is 11.4 Å². The molecule has 1 aliphatic heterocycles. The normalized spacial score (nSPS) is 22.6. The number of fused-ring (bicyclic) bond motifs is 1. The molecule has 5 heteroatoms. The lowest BCUT2D eigenvalue weighted by atomic mass is 9.73. The molecule has 3 rings (SSSR count). The summed E-state index contributed by atoms with van der Waals surface area (Å²) < 4.78 is 21.1. The number of piperidine rings is 1. The molecule has 1 heterocycles. The molecule has 0 aromatic heterocycles. The summed E-state index contributed by atoms with van der Waals surface area (Å²) in [5, 5.41) is 3.47. The average molecular weight is 375 g/mol. The zero-order valence-corrected chi connectivity index (χ0v) is 17.1. The molecule has 1 spiro atoms. The van der Waals surface area contributed by atoms with Crippen molar-refractivity contribution in [3.05, 3.63) is 34.9 Å². The molecule has 2 atom stereocenters. The first-order valence-corrected chi connectivity index (χ1v) is 10.5. The standard InChI is InChI=1S/C21H30N2O2S/c1-20(2,3)26(24)23-19-18-14-16(6-5-13-25-4)7-8-17(18)15-21(19)9-11-22-12-10-21/h7-8,14,19,22-23H,9-13,15H2,1-4H3/t19-,26?/m1/s1. The number of methoxy groups -OCH3 is 1. The van der Waals surface area contributed by atoms with Crippen LogP contribution >= 0.6 is 0 Å². The molecule has 2 aliphatic rings. The quantitative estimate of drug-likeness (QED) is 0.631. The molecular formula is C21H30N2O2S. The first kappa shape index (κ1) is 19.7. The Kier molecular flexibility index (Phi) is 6.01. The van der Waals surface area contributed by atoms with Crippen molar-refractivity contribution in [2.75, 3.05) is 26.8 Å². The summed E-state index contributed by atoms with van der Waals surface area (Å²) in [5.74, 6) is 6.21. The molecule has 1 fully saturated rings. The van der Waals surface area contributed by atoms with Gasteiger partial charge in [-0.3, -0.25) is 0 Å². The lowest BCUT2D eigenvalue weighted by molar-refractivity contribution is 0.163. The Hall–Kier alpha value is -1.03. The summed E-state index contributed by atoms with van der Waals surface area (Å²) in [7, 11) is 1.65. The fourth-order valence-electron chi connectivity index (χ4n) is 3.99. The van der Waals surface area contributed by atoms with E-state index in [-0.39, 0.29) is 16.2 Å². The molecule has 0 radical (unpaired) electrons. The minimum atomic E-state index is -1.10. The van der Waals surface area contributed by atoms with Gasteiger partial charge in [0.2, 0.25) is 0 Å². The number of rotatable bonds is 3. The smallest absolute Gasteiger partial charge is 0.136 e. The van der Waals surface area contributed by atoms with Gasteiger partial charge in [0.1, 0.15) is 11.4 Å². The van der Waals surface area contributed by atoms with E-state index in [1.165, 1.54) is 11.1 Å². The van der Waals surface area contributed by atoms with Crippen molar-refractivity contribution in [2.24, 2.45) is 5.41 Å². The average Bonchev–Trinajstić information content (AvgIpc) is 2.88. The van der Waals surface area contributed by atoms with Crippen molar-refractivity contribution in [2.45, 2.75) is 50.8 Å². The first-order valence-electron chi connectivity index (χ1n) is 9.35. The Balaban J connectivity index is 1.94. The van der Waals surface area contributed by atoms with Crippen LogP contribution in [0.5, 0.6) is 0 Å². The fourth-order valence-corrected chi connectivity index (χ4v) is 4.93. The van der Waals surface area contributed by atoms with Gasteiger partial charge in [-0.1, -0.05) is 17.9 Å². The van der Waals surface area contributed by atoms with Gasteiger partial charge < -0.3 is 14.6 Å². The maximum absolute atomic E-state index is 12.9. The Morgan fingerprint density at radius 1 is 1.35 bits per heavy atom. The van der Waals surface area contributed by atoms with E-state index in [4.69, 9.17) is 4.74 Å². The van der Waals surface area contributed by atoms with Crippen LogP contribution in [0.2, 0.25) is 0 Å². The molecule has 0 amide bonds. The van der Waals surface area contributed by atoms with Crippen molar-refractivity contribution >= 4 is 11.4 Å². The van der Waals surface area contributed by atoms with E-state index in [0.29, 0.717) is 6.61 Å². The summed E-state index contributed by atoms with van der Waals surface area (Å²) in [5.41, 5.74) is 3.79. The van der Waals surface area contributed by atoms with Crippen LogP contribution in [0, 0.1) is 17.3 Å². The Labute approximate surface area is 160 Å². The van der Waals surface area contributed by atoms with E-state index in [0.717, 1.165) is 37.9 Å². The van der Waals surface area contributed by atoms with E-state index in [1.807, 2.05) is 20.8 Å². The molecule has 4 nitrogen and oxygen atoms in total. The van der Waals surface area contributed by atoms with Crippen LogP contribution in [0.4, 0.5) is 0 Å². The van der Waals surface area contributed by atoms with Gasteiger partial charge in [0.25, 0.3) is 0 Å². The monoisotopic (exact) mass is 374 g/mol. The zero-order chi connectivity index (χ0) is 18.8. The number of nitrogens with one attached hydrogen (secondary N) is 2. The molecule has 1 saturated heterocycles. The highest BCUT2D eigenvalue weighted by molar-refractivity contribution is 7.90. The summed E-state index contributed by atoms with van der Waals surface area (Å²) in [6.07, 6.45) is 3.26. The predicted octanol–water partition coefficient (Wildman–Crippen LogP) is 2.70. The molecule has 0 bridgehead atoms. The number of benzene rings is 1. The summed E-state index contributed by atoms with van der Waals surface area (Å²) >= 11 is -1.10. The third-order valence-electron chi connectivity index (χ3n) is 5.44. The number of hydrogen-bond acceptors (Lipinski definition) is 4. The van der Waals surface area contributed by atoms with E-state index in [9.17, 15) is 4.55 Å². The second-order valence-electron chi connectivity index (χ2n) is 8.37. The van der Waals surface area contributed by atoms with Gasteiger partial charge in [-0.05, 0) is 76.4 Å². The highest BCUT2D eigenvalue weighted by atomic mass is 32.2. The van der Waals surface area contributed by atoms with Gasteiger partial charge in [0.15, 0.2) is 0 Å². The second-order valence-corrected chi connectivity index (χ2v) is 10.4. The predicted molar refractivity (Wildman–Crippen MR) is 107 cm³/mol. The first-order chi connectivity index (χ1) is 12.4. The van der Waals surface area contributed by atoms with Crippen LogP contribution in [0.25, 0.3) is 0 Å². The van der Waals surface area contributed by atoms with E-state index >= 15 is 0 Å². The van der Waals surface area contributed by atoms with Crippen molar-refractivity contribution in [3.8, 4) is 11.8 Å². The maximum Gasteiger partial charge on any atom is 0.136 e. The Morgan fingerprint density at radius 2 is 2.08 bits per heavy atom. The van der Waals surface area contributed by atoms with E-state index in [1.54, 1.807) is 7.11 Å². The summed E-state index contributed by atoms with van der Waals surface area (Å²) in [4.78, 5) is 0. The Morgan fingerprint density at radius 3 is 2.73 bits per heavy atom. The van der Waals surface area contributed by atoms with Crippen LogP contribution in [-0.2, 0) is 22.5 Å². The Bertz CT molecular complexity index is 696. The van der Waals surface area contributed by atoms with Crippen LogP contribution in [-0.4, -0.2) is 36.1 Å². The van der Waals surface area contributed by atoms with Crippen molar-refractivity contribution in [1.29, 1.82) is 0 Å². The maximum atomic E-state index is 12.9. The third-order valence-corrected chi connectivity index (χ3v) is 7.00. The molecule has 26 heavy (non-hydrogen) atoms. The van der Waals surface area contributed by atoms with Gasteiger partial charge in [-0.25, -0.2) is 0 Å². The van der Waals surface area contributed by atoms with Gasteiger partial charge in [0.05, 0.1) is 6.04 Å². The van der Waals surface area contributed by atoms with Gasteiger partial charge in [-0.2, -0.15) is 0 Å².